The molecule has 0 radical (unpaired) electrons. The summed E-state index contributed by atoms with van der Waals surface area (Å²) in [5.74, 6) is 1.33. The van der Waals surface area contributed by atoms with Gasteiger partial charge < -0.3 is 49.9 Å². The maximum absolute atomic E-state index is 12.2. The molecule has 0 saturated carbocycles. The zero-order valence-corrected chi connectivity index (χ0v) is 77.8. The summed E-state index contributed by atoms with van der Waals surface area (Å²) in [4.78, 5) is 108. The lowest BCUT2D eigenvalue weighted by atomic mass is 9.89. The Morgan fingerprint density at radius 3 is 1.06 bits per heavy atom. The molecule has 0 aliphatic carbocycles. The molecule has 2 atom stereocenters. The number of β-amino-alcohol motifs (C(OH)–C–C–N with tert-alkyl or cyclic N) is 2. The summed E-state index contributed by atoms with van der Waals surface area (Å²) < 4.78 is 3.45. The van der Waals surface area contributed by atoms with Crippen molar-refractivity contribution in [3.63, 3.8) is 0 Å². The quantitative estimate of drug-likeness (QED) is 0.0446. The van der Waals surface area contributed by atoms with Gasteiger partial charge in [0.15, 0.2) is 0 Å². The average molecular weight is 1780 g/mol. The number of hydrogen-bond donors (Lipinski definition) is 8. The molecule has 132 heavy (non-hydrogen) atoms. The van der Waals surface area contributed by atoms with Gasteiger partial charge in [0.2, 0.25) is 0 Å². The highest BCUT2D eigenvalue weighted by atomic mass is 16.3. The van der Waals surface area contributed by atoms with E-state index in [1.165, 1.54) is 72.3 Å². The van der Waals surface area contributed by atoms with Gasteiger partial charge in [-0.1, -0.05) is 185 Å². The van der Waals surface area contributed by atoms with Gasteiger partial charge in [0.1, 0.15) is 11.3 Å². The number of H-pyrrole nitrogens is 6. The summed E-state index contributed by atoms with van der Waals surface area (Å²) >= 11 is 0. The number of aromatic nitrogens is 10. The van der Waals surface area contributed by atoms with E-state index in [1.807, 2.05) is 169 Å². The minimum Gasteiger partial charge on any atom is -0.392 e. The molecule has 25 heteroatoms. The minimum absolute atomic E-state index is 0.00532. The monoisotopic (exact) mass is 1780 g/mol. The lowest BCUT2D eigenvalue weighted by Crippen LogP contribution is -2.46. The number of nitrogens with zero attached hydrogens (tertiary/aromatic N) is 11. The first-order valence-corrected chi connectivity index (χ1v) is 46.8. The molecule has 5 saturated heterocycles. The molecule has 8 aromatic carbocycles. The molecule has 0 amide bonds. The number of aromatic amines is 6. The number of hydrogen-bond acceptors (Lipinski definition) is 17. The highest BCUT2D eigenvalue weighted by molar-refractivity contribution is 6.07. The first-order valence-electron chi connectivity index (χ1n) is 46.8. The summed E-state index contributed by atoms with van der Waals surface area (Å²) in [5.41, 5.74) is 15.2. The van der Waals surface area contributed by atoms with Crippen LogP contribution in [-0.2, 0) is 53.4 Å². The molecule has 8 N–H and O–H groups in total. The Labute approximate surface area is 768 Å². The molecule has 5 fully saturated rings. The van der Waals surface area contributed by atoms with E-state index in [-0.39, 0.29) is 45.6 Å². The molecular weight excluding hydrogens is 1650 g/mol. The van der Waals surface area contributed by atoms with E-state index in [1.54, 1.807) is 9.36 Å². The van der Waals surface area contributed by atoms with Crippen LogP contribution >= 0.6 is 0 Å². The zero-order chi connectivity index (χ0) is 92.4. The second-order valence-electron chi connectivity index (χ2n) is 37.0. The Kier molecular flexibility index (Phi) is 29.4. The number of nitrogens with one attached hydrogen (secondary N) is 6. The van der Waals surface area contributed by atoms with E-state index in [4.69, 9.17) is 0 Å². The number of para-hydroxylation sites is 1. The third-order valence-electron chi connectivity index (χ3n) is 26.8. The third kappa shape index (κ3) is 21.1. The summed E-state index contributed by atoms with van der Waals surface area (Å²) in [6.45, 7) is 29.3. The van der Waals surface area contributed by atoms with Crippen LogP contribution < -0.4 is 38.3 Å². The first kappa shape index (κ1) is 92.7. The van der Waals surface area contributed by atoms with E-state index in [0.717, 1.165) is 201 Å². The molecule has 0 unspecified atom stereocenters. The zero-order valence-electron chi connectivity index (χ0n) is 77.8. The molecule has 13 heterocycles. The van der Waals surface area contributed by atoms with Gasteiger partial charge in [0.05, 0.1) is 23.6 Å². The van der Waals surface area contributed by atoms with Crippen molar-refractivity contribution in [2.75, 3.05) is 97.5 Å². The number of aliphatic hydroxyl groups is 2. The number of anilines is 1. The SMILES string of the molecule is CC(C)c1[nH]c(=O)c2ccccc2c1CN(C)C.CC(C)c1[nH]c(=O)c2ccccc2c1CN1CCCC1.Cc1[nH]c(=O)c2ccccc2c1CN1CCC(c2ccccc2)CC1.Cc1[nH]c(=O)c2ccccc2c1CN1CCN(c2ccccc2)CC1.Cn1nc(CN2CC[C@@H](O)C2)c2c3ccccc3c(=O)[nH]c21.Cn1nc(CN2CC[C@H](O)C2)c2c3ccccc3c(=O)[nH]c21. The Bertz CT molecular complexity index is 6820. The van der Waals surface area contributed by atoms with Crippen LogP contribution in [0.2, 0.25) is 0 Å². The first-order chi connectivity index (χ1) is 63.9. The van der Waals surface area contributed by atoms with Crippen LogP contribution in [0.25, 0.3) is 86.7 Å². The molecule has 0 bridgehead atoms. The summed E-state index contributed by atoms with van der Waals surface area (Å²) in [6.07, 6.45) is 6.11. The summed E-state index contributed by atoms with van der Waals surface area (Å²) in [5, 5.41) is 41.3. The summed E-state index contributed by atoms with van der Waals surface area (Å²) in [7, 11) is 7.78. The van der Waals surface area contributed by atoms with Gasteiger partial charge in [-0.3, -0.25) is 62.6 Å². The van der Waals surface area contributed by atoms with Crippen molar-refractivity contribution in [3.8, 4) is 0 Å². The van der Waals surface area contributed by atoms with Crippen molar-refractivity contribution in [1.82, 2.24) is 78.9 Å². The van der Waals surface area contributed by atoms with Gasteiger partial charge in [-0.25, -0.2) is 0 Å². The fraction of sp³-hybridized carbons (Fsp3) is 0.364. The average Bonchev–Trinajstić information content (AvgIpc) is 1.62. The van der Waals surface area contributed by atoms with E-state index < -0.39 is 0 Å². The van der Waals surface area contributed by atoms with Gasteiger partial charge in [0.25, 0.3) is 33.4 Å². The second-order valence-corrected chi connectivity index (χ2v) is 37.0. The topological polar surface area (TPSA) is 296 Å². The van der Waals surface area contributed by atoms with Gasteiger partial charge >= 0.3 is 0 Å². The van der Waals surface area contributed by atoms with Crippen molar-refractivity contribution < 1.29 is 10.2 Å². The highest BCUT2D eigenvalue weighted by Gasteiger charge is 2.29. The van der Waals surface area contributed by atoms with Crippen molar-refractivity contribution in [1.29, 1.82) is 0 Å². The van der Waals surface area contributed by atoms with E-state index >= 15 is 0 Å². The number of piperazine rings is 1. The van der Waals surface area contributed by atoms with Gasteiger partial charge in [-0.15, -0.1) is 0 Å². The molecule has 21 rings (SSSR count). The standard InChI is InChI=1S/C22H24N2O.C21H23N3O.C17H22N2O.2C16H18N4O2.C15H20N2O/c1-16-21(19-9-5-6-10-20(19)22(25)23-16)15-24-13-11-18(12-14-24)17-7-3-2-4-8-17;1-16-20(18-9-5-6-10-19(18)21(25)22-16)15-23-11-13-24(14-12-23)17-7-3-2-4-8-17;1-12(2)16-15(11-19-9-5-6-10-19)13-7-3-4-8-14(13)17(20)18-16;2*1-19-15-14(11-4-2-3-5-12(11)16(22)17-15)13(18-19)9-20-7-6-10(21)8-20;1-10(2)14-13(9-17(3)4)11-7-5-6-8-12(11)15(18)16-14/h2-10,18H,11-15H2,1H3,(H,23,25);2-10H,11-15H2,1H3,(H,22,25);3-4,7-8,12H,5-6,9-11H2,1-2H3,(H,18,20);2*2-5,10,21H,6-9H2,1H3,(H,17,22);5-8,10H,9H2,1-4H3,(H,16,18)/t;;;2*10-;/m...10./s1. The van der Waals surface area contributed by atoms with Crippen molar-refractivity contribution in [2.45, 2.75) is 149 Å². The second kappa shape index (κ2) is 41.9. The number of piperidine rings is 1. The molecule has 686 valence electrons. The number of rotatable bonds is 16. The number of pyridine rings is 6. The normalized spacial score (nSPS) is 16.6. The Hall–Kier alpha value is -12.6. The molecule has 5 aliphatic heterocycles. The molecule has 16 aromatic rings. The number of aliphatic hydroxyl groups excluding tert-OH is 2. The van der Waals surface area contributed by atoms with Crippen molar-refractivity contribution >= 4 is 92.4 Å². The molecular formula is C107H125N17O8. The Balaban J connectivity index is 0.000000116. The van der Waals surface area contributed by atoms with Gasteiger partial charge in [-0.2, -0.15) is 10.2 Å². The smallest absolute Gasteiger partial charge is 0.257 e. The largest absolute Gasteiger partial charge is 0.392 e. The van der Waals surface area contributed by atoms with Crippen LogP contribution in [0.5, 0.6) is 0 Å². The van der Waals surface area contributed by atoms with Crippen LogP contribution in [0.1, 0.15) is 146 Å². The number of aryl methyl sites for hydroxylation is 4. The summed E-state index contributed by atoms with van der Waals surface area (Å²) in [6, 6.07) is 68.3. The molecule has 5 aliphatic rings. The van der Waals surface area contributed by atoms with Crippen LogP contribution in [0.4, 0.5) is 5.69 Å². The Morgan fingerprint density at radius 1 is 0.348 bits per heavy atom. The fourth-order valence-electron chi connectivity index (χ4n) is 20.0. The van der Waals surface area contributed by atoms with Gasteiger partial charge in [0, 0.05) is 188 Å². The Morgan fingerprint density at radius 2 is 0.667 bits per heavy atom. The van der Waals surface area contributed by atoms with Crippen LogP contribution in [0.3, 0.4) is 0 Å². The number of benzene rings is 8. The number of likely N-dealkylation sites (tertiary alicyclic amines) is 4. The fourth-order valence-corrected chi connectivity index (χ4v) is 20.0. The van der Waals surface area contributed by atoms with Crippen molar-refractivity contribution in [2.24, 2.45) is 14.1 Å². The predicted octanol–water partition coefficient (Wildman–Crippen LogP) is 15.3. The van der Waals surface area contributed by atoms with Crippen molar-refractivity contribution in [3.05, 3.63) is 330 Å². The van der Waals surface area contributed by atoms with Crippen LogP contribution in [0.15, 0.2) is 235 Å². The number of fused-ring (bicyclic) bond motifs is 10. The van der Waals surface area contributed by atoms with E-state index in [2.05, 4.69) is 181 Å². The molecule has 8 aromatic heterocycles. The minimum atomic E-state index is -0.244. The van der Waals surface area contributed by atoms with Crippen LogP contribution in [0, 0.1) is 13.8 Å². The maximum atomic E-state index is 12.2. The lowest BCUT2D eigenvalue weighted by molar-refractivity contribution is 0.174. The molecule has 25 nitrogen and oxygen atoms in total. The molecule has 0 spiro atoms. The van der Waals surface area contributed by atoms with E-state index in [9.17, 15) is 39.0 Å². The predicted molar refractivity (Wildman–Crippen MR) is 535 cm³/mol. The van der Waals surface area contributed by atoms with Gasteiger partial charge in [-0.05, 0) is 208 Å². The maximum Gasteiger partial charge on any atom is 0.257 e. The van der Waals surface area contributed by atoms with E-state index in [0.29, 0.717) is 54.7 Å². The lowest BCUT2D eigenvalue weighted by Gasteiger charge is -2.36. The van der Waals surface area contributed by atoms with Crippen LogP contribution in [-0.4, -0.2) is 194 Å². The third-order valence-corrected chi connectivity index (χ3v) is 26.8. The highest BCUT2D eigenvalue weighted by Crippen LogP contribution is 2.34.